The normalized spacial score (nSPS) is 12.9. The lowest BCUT2D eigenvalue weighted by Crippen LogP contribution is -2.09. The van der Waals surface area contributed by atoms with Gasteiger partial charge in [0.15, 0.2) is 0 Å². The molecule has 0 aliphatic carbocycles. The molecule has 0 bridgehead atoms. The Labute approximate surface area is 87.3 Å². The summed E-state index contributed by atoms with van der Waals surface area (Å²) in [5.41, 5.74) is 6.32. The first-order chi connectivity index (χ1) is 6.06. The minimum atomic E-state index is -0.246. The van der Waals surface area contributed by atoms with E-state index in [1.807, 2.05) is 6.92 Å². The minimum Gasteiger partial charge on any atom is -0.508 e. The van der Waals surface area contributed by atoms with Crippen molar-refractivity contribution in [3.05, 3.63) is 27.7 Å². The van der Waals surface area contributed by atoms with Crippen LogP contribution in [0.1, 0.15) is 24.9 Å². The average Bonchev–Trinajstić information content (AvgIpc) is 2.02. The summed E-state index contributed by atoms with van der Waals surface area (Å²) >= 11 is 11.6. The third kappa shape index (κ3) is 2.27. The second-order valence-electron chi connectivity index (χ2n) is 2.84. The molecule has 72 valence electrons. The molecule has 0 saturated heterocycles. The molecular formula is C9H11Cl2NO. The quantitative estimate of drug-likeness (QED) is 0.804. The molecule has 1 atom stereocenters. The van der Waals surface area contributed by atoms with E-state index < -0.39 is 0 Å². The van der Waals surface area contributed by atoms with E-state index >= 15 is 0 Å². The van der Waals surface area contributed by atoms with E-state index in [0.29, 0.717) is 15.6 Å². The number of rotatable bonds is 2. The molecule has 13 heavy (non-hydrogen) atoms. The van der Waals surface area contributed by atoms with Gasteiger partial charge in [-0.1, -0.05) is 30.1 Å². The summed E-state index contributed by atoms with van der Waals surface area (Å²) in [5, 5.41) is 10.4. The van der Waals surface area contributed by atoms with E-state index in [9.17, 15) is 5.11 Å². The van der Waals surface area contributed by atoms with Gasteiger partial charge >= 0.3 is 0 Å². The molecule has 0 saturated carbocycles. The van der Waals surface area contributed by atoms with Gasteiger partial charge in [-0.05, 0) is 18.6 Å². The van der Waals surface area contributed by atoms with Crippen molar-refractivity contribution in [2.75, 3.05) is 0 Å². The Hall–Kier alpha value is -0.440. The van der Waals surface area contributed by atoms with Crippen LogP contribution in [0.25, 0.3) is 0 Å². The molecule has 0 fully saturated rings. The molecule has 0 unspecified atom stereocenters. The average molecular weight is 220 g/mol. The highest BCUT2D eigenvalue weighted by Crippen LogP contribution is 2.34. The van der Waals surface area contributed by atoms with Gasteiger partial charge in [-0.2, -0.15) is 0 Å². The zero-order chi connectivity index (χ0) is 10.0. The highest BCUT2D eigenvalue weighted by molar-refractivity contribution is 6.35. The third-order valence-electron chi connectivity index (χ3n) is 1.88. The lowest BCUT2D eigenvalue weighted by molar-refractivity contribution is 0.460. The van der Waals surface area contributed by atoms with Crippen LogP contribution in [0, 0.1) is 0 Å². The largest absolute Gasteiger partial charge is 0.508 e. The van der Waals surface area contributed by atoms with Crippen LogP contribution >= 0.6 is 23.2 Å². The Kier molecular flexibility index (Phi) is 3.42. The van der Waals surface area contributed by atoms with Crippen molar-refractivity contribution in [3.8, 4) is 5.75 Å². The van der Waals surface area contributed by atoms with Crippen LogP contribution in [0.5, 0.6) is 5.75 Å². The zero-order valence-electron chi connectivity index (χ0n) is 7.22. The molecule has 1 aromatic rings. The van der Waals surface area contributed by atoms with Crippen molar-refractivity contribution in [3.63, 3.8) is 0 Å². The van der Waals surface area contributed by atoms with Gasteiger partial charge in [0.05, 0.1) is 5.02 Å². The number of benzene rings is 1. The van der Waals surface area contributed by atoms with E-state index in [2.05, 4.69) is 0 Å². The van der Waals surface area contributed by atoms with Crippen LogP contribution in [0.2, 0.25) is 10.0 Å². The number of aromatic hydroxyl groups is 1. The molecule has 1 aromatic carbocycles. The lowest BCUT2D eigenvalue weighted by atomic mass is 10.0. The number of phenolic OH excluding ortho intramolecular Hbond substituents is 1. The van der Waals surface area contributed by atoms with E-state index in [-0.39, 0.29) is 11.8 Å². The van der Waals surface area contributed by atoms with Crippen molar-refractivity contribution in [2.24, 2.45) is 5.73 Å². The maximum absolute atomic E-state index is 9.52. The van der Waals surface area contributed by atoms with Gasteiger partial charge in [-0.25, -0.2) is 0 Å². The number of phenols is 1. The van der Waals surface area contributed by atoms with Gasteiger partial charge in [-0.15, -0.1) is 0 Å². The first-order valence-corrected chi connectivity index (χ1v) is 4.75. The molecule has 0 heterocycles. The molecule has 0 spiro atoms. The number of hydrogen-bond donors (Lipinski definition) is 2. The Morgan fingerprint density at radius 1 is 1.46 bits per heavy atom. The number of hydrogen-bond acceptors (Lipinski definition) is 2. The van der Waals surface area contributed by atoms with Gasteiger partial charge < -0.3 is 10.8 Å². The molecule has 0 amide bonds. The molecule has 1 rings (SSSR count). The van der Waals surface area contributed by atoms with Crippen LogP contribution in [-0.4, -0.2) is 5.11 Å². The molecule has 0 aliphatic heterocycles. The standard InChI is InChI=1S/C9H11Cl2NO/c1-2-7(12)9-6(11)3-5(10)4-8(9)13/h3-4,7,13H,2,12H2,1H3/t7-/m0/s1. The highest BCUT2D eigenvalue weighted by atomic mass is 35.5. The molecular weight excluding hydrogens is 209 g/mol. The van der Waals surface area contributed by atoms with Crippen molar-refractivity contribution in [1.29, 1.82) is 0 Å². The first-order valence-electron chi connectivity index (χ1n) is 3.99. The van der Waals surface area contributed by atoms with Crippen LogP contribution in [-0.2, 0) is 0 Å². The van der Waals surface area contributed by atoms with Crippen molar-refractivity contribution in [1.82, 2.24) is 0 Å². The van der Waals surface area contributed by atoms with Crippen LogP contribution in [0.3, 0.4) is 0 Å². The minimum absolute atomic E-state index is 0.0619. The summed E-state index contributed by atoms with van der Waals surface area (Å²) in [6.45, 7) is 1.93. The Bertz CT molecular complexity index is 291. The van der Waals surface area contributed by atoms with E-state index in [4.69, 9.17) is 28.9 Å². The molecule has 0 radical (unpaired) electrons. The van der Waals surface area contributed by atoms with Gasteiger partial charge in [0.25, 0.3) is 0 Å². The maximum atomic E-state index is 9.52. The van der Waals surface area contributed by atoms with Crippen molar-refractivity contribution in [2.45, 2.75) is 19.4 Å². The third-order valence-corrected chi connectivity index (χ3v) is 2.41. The van der Waals surface area contributed by atoms with Crippen molar-refractivity contribution < 1.29 is 5.11 Å². The van der Waals surface area contributed by atoms with Gasteiger partial charge in [-0.3, -0.25) is 0 Å². The summed E-state index contributed by atoms with van der Waals surface area (Å²) in [6, 6.07) is 2.77. The van der Waals surface area contributed by atoms with Crippen LogP contribution < -0.4 is 5.73 Å². The van der Waals surface area contributed by atoms with Gasteiger partial charge in [0, 0.05) is 16.6 Å². The summed E-state index contributed by atoms with van der Waals surface area (Å²) in [4.78, 5) is 0. The fraction of sp³-hybridized carbons (Fsp3) is 0.333. The first kappa shape index (κ1) is 10.6. The van der Waals surface area contributed by atoms with E-state index in [1.165, 1.54) is 6.07 Å². The van der Waals surface area contributed by atoms with Crippen LogP contribution in [0.4, 0.5) is 0 Å². The fourth-order valence-electron chi connectivity index (χ4n) is 1.14. The SMILES string of the molecule is CC[C@H](N)c1c(O)cc(Cl)cc1Cl. The number of halogens is 2. The van der Waals surface area contributed by atoms with E-state index in [1.54, 1.807) is 6.07 Å². The van der Waals surface area contributed by atoms with Crippen molar-refractivity contribution >= 4 is 23.2 Å². The fourth-order valence-corrected chi connectivity index (χ4v) is 1.77. The van der Waals surface area contributed by atoms with E-state index in [0.717, 1.165) is 6.42 Å². The second kappa shape index (κ2) is 4.18. The number of nitrogens with two attached hydrogens (primary N) is 1. The molecule has 0 aliphatic rings. The summed E-state index contributed by atoms with van der Waals surface area (Å²) in [5.74, 6) is 0.0619. The Balaban J connectivity index is 3.20. The summed E-state index contributed by atoms with van der Waals surface area (Å²) in [7, 11) is 0. The van der Waals surface area contributed by atoms with Gasteiger partial charge in [0.2, 0.25) is 0 Å². The van der Waals surface area contributed by atoms with Gasteiger partial charge in [0.1, 0.15) is 5.75 Å². The molecule has 4 heteroatoms. The molecule has 2 nitrogen and oxygen atoms in total. The Morgan fingerprint density at radius 3 is 2.54 bits per heavy atom. The molecule has 3 N–H and O–H groups in total. The second-order valence-corrected chi connectivity index (χ2v) is 3.68. The smallest absolute Gasteiger partial charge is 0.123 e. The monoisotopic (exact) mass is 219 g/mol. The zero-order valence-corrected chi connectivity index (χ0v) is 8.73. The summed E-state index contributed by atoms with van der Waals surface area (Å²) in [6.07, 6.45) is 0.717. The van der Waals surface area contributed by atoms with Crippen LogP contribution in [0.15, 0.2) is 12.1 Å². The Morgan fingerprint density at radius 2 is 2.08 bits per heavy atom. The predicted molar refractivity (Wildman–Crippen MR) is 55.3 cm³/mol. The maximum Gasteiger partial charge on any atom is 0.123 e. The topological polar surface area (TPSA) is 46.2 Å². The lowest BCUT2D eigenvalue weighted by Gasteiger charge is -2.13. The predicted octanol–water partition coefficient (Wildman–Crippen LogP) is 3.11. The summed E-state index contributed by atoms with van der Waals surface area (Å²) < 4.78 is 0. The highest BCUT2D eigenvalue weighted by Gasteiger charge is 2.14. The molecule has 0 aromatic heterocycles.